The van der Waals surface area contributed by atoms with Crippen LogP contribution in [0.1, 0.15) is 18.9 Å². The zero-order chi connectivity index (χ0) is 22.7. The minimum absolute atomic E-state index is 0.156. The van der Waals surface area contributed by atoms with Gasteiger partial charge in [0.2, 0.25) is 5.88 Å². The summed E-state index contributed by atoms with van der Waals surface area (Å²) in [4.78, 5) is 11.1. The molecular weight excluding hydrogens is 422 g/mol. The smallest absolute Gasteiger partial charge is 0.215 e. The Morgan fingerprint density at radius 3 is 2.82 bits per heavy atom. The lowest BCUT2D eigenvalue weighted by atomic mass is 9.95. The number of ether oxygens (including phenoxy) is 1. The number of halogens is 2. The molecule has 1 atom stereocenters. The number of nitrogens with zero attached hydrogens (tertiary/aromatic N) is 3. The summed E-state index contributed by atoms with van der Waals surface area (Å²) >= 11 is 0. The largest absolute Gasteiger partial charge is 0.481 e. The van der Waals surface area contributed by atoms with Gasteiger partial charge in [-0.2, -0.15) is 0 Å². The fourth-order valence-electron chi connectivity index (χ4n) is 5.08. The van der Waals surface area contributed by atoms with Crippen LogP contribution >= 0.6 is 0 Å². The van der Waals surface area contributed by atoms with E-state index in [-0.39, 0.29) is 17.0 Å². The molecule has 6 rings (SSSR count). The van der Waals surface area contributed by atoms with E-state index in [1.807, 2.05) is 31.3 Å². The van der Waals surface area contributed by atoms with Crippen molar-refractivity contribution in [2.24, 2.45) is 0 Å². The van der Waals surface area contributed by atoms with Crippen LogP contribution in [-0.2, 0) is 6.42 Å². The molecule has 0 aliphatic carbocycles. The lowest BCUT2D eigenvalue weighted by Gasteiger charge is -2.25. The van der Waals surface area contributed by atoms with Crippen LogP contribution in [0.25, 0.3) is 32.9 Å². The number of pyridine rings is 2. The van der Waals surface area contributed by atoms with Gasteiger partial charge in [0.05, 0.1) is 12.8 Å². The van der Waals surface area contributed by atoms with Crippen molar-refractivity contribution in [3.63, 3.8) is 0 Å². The molecule has 0 spiro atoms. The zero-order valence-corrected chi connectivity index (χ0v) is 18.3. The first-order chi connectivity index (χ1) is 16.1. The maximum Gasteiger partial charge on any atom is 0.215 e. The summed E-state index contributed by atoms with van der Waals surface area (Å²) in [5.74, 6) is -0.502. The molecule has 2 aromatic heterocycles. The van der Waals surface area contributed by atoms with Crippen molar-refractivity contribution in [2.45, 2.75) is 25.8 Å². The number of hydrogen-bond acceptors (Lipinski definition) is 5. The molecular formula is C26H22F2N4O. The van der Waals surface area contributed by atoms with E-state index in [1.165, 1.54) is 13.2 Å². The maximum absolute atomic E-state index is 16.1. The van der Waals surface area contributed by atoms with Crippen LogP contribution in [0.5, 0.6) is 5.88 Å². The molecule has 7 heteroatoms. The summed E-state index contributed by atoms with van der Waals surface area (Å²) in [6.07, 6.45) is 5.09. The Morgan fingerprint density at radius 2 is 2.09 bits per heavy atom. The van der Waals surface area contributed by atoms with Crippen molar-refractivity contribution in [3.8, 4) is 17.1 Å². The minimum atomic E-state index is -0.539. The first kappa shape index (κ1) is 19.9. The van der Waals surface area contributed by atoms with Crippen LogP contribution in [0.4, 0.5) is 14.5 Å². The summed E-state index contributed by atoms with van der Waals surface area (Å²) in [6, 6.07) is 10.9. The van der Waals surface area contributed by atoms with Crippen LogP contribution in [-0.4, -0.2) is 29.7 Å². The van der Waals surface area contributed by atoms with Gasteiger partial charge in [-0.3, -0.25) is 4.98 Å². The van der Waals surface area contributed by atoms with Crippen LogP contribution in [0.2, 0.25) is 0 Å². The zero-order valence-electron chi connectivity index (χ0n) is 18.3. The van der Waals surface area contributed by atoms with Crippen LogP contribution in [0.15, 0.2) is 54.5 Å². The molecule has 1 saturated heterocycles. The standard InChI is InChI=1S/C26H22F2N4O/c1-3-17-20(27)8-7-14-5-4-6-18(23(14)17)25-24(28)26-19(12-30-25)21(10-22(31-26)33-2)32-13-15-9-16(32)11-29-15/h4-8,10-12,15,29H,3,9,13H2,1-2H3. The van der Waals surface area contributed by atoms with Crippen molar-refractivity contribution < 1.29 is 13.5 Å². The van der Waals surface area contributed by atoms with Crippen LogP contribution in [0, 0.1) is 11.6 Å². The molecule has 1 fully saturated rings. The fraction of sp³-hybridized carbons (Fsp3) is 0.231. The average molecular weight is 444 g/mol. The monoisotopic (exact) mass is 444 g/mol. The average Bonchev–Trinajstić information content (AvgIpc) is 3.47. The van der Waals surface area contributed by atoms with Crippen LogP contribution < -0.4 is 15.0 Å². The molecule has 166 valence electrons. The molecule has 2 aliphatic heterocycles. The van der Waals surface area contributed by atoms with Gasteiger partial charge in [-0.25, -0.2) is 13.8 Å². The Hall–Kier alpha value is -3.74. The predicted molar refractivity (Wildman–Crippen MR) is 125 cm³/mol. The van der Waals surface area contributed by atoms with Gasteiger partial charge in [-0.05, 0) is 28.8 Å². The molecule has 4 heterocycles. The fourth-order valence-corrected chi connectivity index (χ4v) is 5.08. The highest BCUT2D eigenvalue weighted by atomic mass is 19.1. The second-order valence-electron chi connectivity index (χ2n) is 8.46. The van der Waals surface area contributed by atoms with E-state index in [1.54, 1.807) is 18.3 Å². The molecule has 1 unspecified atom stereocenters. The third kappa shape index (κ3) is 2.95. The summed E-state index contributed by atoms with van der Waals surface area (Å²) in [5.41, 5.74) is 3.43. The molecule has 0 radical (unpaired) electrons. The number of nitrogens with one attached hydrogen (secondary N) is 1. The predicted octanol–water partition coefficient (Wildman–Crippen LogP) is 5.32. The lowest BCUT2D eigenvalue weighted by Crippen LogP contribution is -2.32. The molecule has 2 aliphatic rings. The van der Waals surface area contributed by atoms with E-state index >= 15 is 4.39 Å². The highest BCUT2D eigenvalue weighted by Gasteiger charge is 2.33. The van der Waals surface area contributed by atoms with Gasteiger partial charge in [-0.1, -0.05) is 31.2 Å². The van der Waals surface area contributed by atoms with Crippen molar-refractivity contribution in [2.75, 3.05) is 18.6 Å². The van der Waals surface area contributed by atoms with Crippen molar-refractivity contribution in [3.05, 3.63) is 71.7 Å². The van der Waals surface area contributed by atoms with E-state index < -0.39 is 5.82 Å². The molecule has 2 aromatic carbocycles. The minimum Gasteiger partial charge on any atom is -0.481 e. The number of benzene rings is 2. The van der Waals surface area contributed by atoms with Gasteiger partial charge in [-0.15, -0.1) is 0 Å². The number of hydrogen-bond donors (Lipinski definition) is 1. The van der Waals surface area contributed by atoms with Gasteiger partial charge in [0.25, 0.3) is 0 Å². The number of fused-ring (bicyclic) bond motifs is 4. The number of anilines is 1. The summed E-state index contributed by atoms with van der Waals surface area (Å²) in [7, 11) is 1.52. The molecule has 0 saturated carbocycles. The number of rotatable bonds is 4. The van der Waals surface area contributed by atoms with E-state index in [0.29, 0.717) is 40.2 Å². The lowest BCUT2D eigenvalue weighted by molar-refractivity contribution is 0.399. The normalized spacial score (nSPS) is 17.0. The Kier molecular flexibility index (Phi) is 4.47. The molecule has 33 heavy (non-hydrogen) atoms. The first-order valence-corrected chi connectivity index (χ1v) is 11.1. The van der Waals surface area contributed by atoms with Gasteiger partial charge in [0.1, 0.15) is 17.0 Å². The highest BCUT2D eigenvalue weighted by molar-refractivity contribution is 6.01. The second kappa shape index (κ2) is 7.40. The number of aryl methyl sites for hydroxylation is 1. The Morgan fingerprint density at radius 1 is 1.21 bits per heavy atom. The SMILES string of the molecule is CCc1c(F)ccc2cccc(-c3ncc4c(N5CC6CC5=CN6)cc(OC)nc4c3F)c12. The number of aromatic nitrogens is 2. The maximum atomic E-state index is 16.1. The van der Waals surface area contributed by atoms with E-state index in [4.69, 9.17) is 4.74 Å². The molecule has 1 N–H and O–H groups in total. The summed E-state index contributed by atoms with van der Waals surface area (Å²) in [5, 5.41) is 5.48. The second-order valence-corrected chi connectivity index (χ2v) is 8.46. The van der Waals surface area contributed by atoms with E-state index in [0.717, 1.165) is 29.7 Å². The Labute approximate surface area is 189 Å². The van der Waals surface area contributed by atoms with Gasteiger partial charge >= 0.3 is 0 Å². The Balaban J connectivity index is 1.61. The third-order valence-corrected chi connectivity index (χ3v) is 6.65. The van der Waals surface area contributed by atoms with E-state index in [2.05, 4.69) is 20.2 Å². The quantitative estimate of drug-likeness (QED) is 0.462. The Bertz CT molecular complexity index is 1470. The van der Waals surface area contributed by atoms with Crippen molar-refractivity contribution >= 4 is 27.4 Å². The van der Waals surface area contributed by atoms with Gasteiger partial charge in [0.15, 0.2) is 5.82 Å². The number of methoxy groups -OCH3 is 1. The molecule has 4 aromatic rings. The molecule has 2 bridgehead atoms. The van der Waals surface area contributed by atoms with Gasteiger partial charge in [0, 0.05) is 54.1 Å². The third-order valence-electron chi connectivity index (χ3n) is 6.65. The van der Waals surface area contributed by atoms with Crippen molar-refractivity contribution in [1.29, 1.82) is 0 Å². The highest BCUT2D eigenvalue weighted by Crippen LogP contribution is 2.40. The molecule has 5 nitrogen and oxygen atoms in total. The first-order valence-electron chi connectivity index (χ1n) is 11.1. The van der Waals surface area contributed by atoms with Gasteiger partial charge < -0.3 is 15.0 Å². The topological polar surface area (TPSA) is 50.3 Å². The molecule has 0 amide bonds. The van der Waals surface area contributed by atoms with Crippen molar-refractivity contribution in [1.82, 2.24) is 15.3 Å². The van der Waals surface area contributed by atoms with E-state index in [9.17, 15) is 4.39 Å². The van der Waals surface area contributed by atoms with Crippen LogP contribution in [0.3, 0.4) is 0 Å². The summed E-state index contributed by atoms with van der Waals surface area (Å²) in [6.45, 7) is 2.69. The summed E-state index contributed by atoms with van der Waals surface area (Å²) < 4.78 is 36.1.